The highest BCUT2D eigenvalue weighted by Crippen LogP contribution is 2.18. The van der Waals surface area contributed by atoms with Gasteiger partial charge in [0.05, 0.1) is 17.4 Å². The maximum absolute atomic E-state index is 4.46. The number of imidazole rings is 1. The first kappa shape index (κ1) is 12.8. The van der Waals surface area contributed by atoms with E-state index < -0.39 is 0 Å². The number of fused-ring (bicyclic) bond motifs is 1. The smallest absolute Gasteiger partial charge is 0.0961 e. The lowest BCUT2D eigenvalue weighted by Crippen LogP contribution is -2.18. The number of benzene rings is 1. The van der Waals surface area contributed by atoms with Crippen molar-refractivity contribution in [1.82, 2.24) is 14.9 Å². The van der Waals surface area contributed by atoms with E-state index in [1.54, 1.807) is 0 Å². The fourth-order valence-electron chi connectivity index (χ4n) is 2.04. The second-order valence-electron chi connectivity index (χ2n) is 4.83. The molecule has 3 heteroatoms. The number of hydrogen-bond acceptors (Lipinski definition) is 2. The summed E-state index contributed by atoms with van der Waals surface area (Å²) in [6.45, 7) is 13.1. The Balaban J connectivity index is 2.24. The van der Waals surface area contributed by atoms with Gasteiger partial charge in [-0.25, -0.2) is 4.98 Å². The van der Waals surface area contributed by atoms with Crippen molar-refractivity contribution in [2.45, 2.75) is 27.3 Å². The second-order valence-corrected chi connectivity index (χ2v) is 4.83. The van der Waals surface area contributed by atoms with E-state index >= 15 is 0 Å². The van der Waals surface area contributed by atoms with Crippen LogP contribution in [0.1, 0.15) is 18.1 Å². The predicted octanol–water partition coefficient (Wildman–Crippen LogP) is 2.82. The molecule has 2 rings (SSSR count). The maximum Gasteiger partial charge on any atom is 0.0961 e. The first-order valence-corrected chi connectivity index (χ1v) is 6.41. The van der Waals surface area contributed by atoms with Gasteiger partial charge < -0.3 is 9.88 Å². The third-order valence-electron chi connectivity index (χ3n) is 3.26. The minimum absolute atomic E-state index is 0.825. The van der Waals surface area contributed by atoms with E-state index in [2.05, 4.69) is 54.4 Å². The summed E-state index contributed by atoms with van der Waals surface area (Å²) in [4.78, 5) is 4.46. The Morgan fingerprint density at radius 2 is 2.06 bits per heavy atom. The van der Waals surface area contributed by atoms with Crippen LogP contribution in [0.15, 0.2) is 30.6 Å². The van der Waals surface area contributed by atoms with E-state index in [0.29, 0.717) is 0 Å². The molecule has 0 unspecified atom stereocenters. The van der Waals surface area contributed by atoms with Crippen LogP contribution in [0.5, 0.6) is 0 Å². The molecule has 3 nitrogen and oxygen atoms in total. The highest BCUT2D eigenvalue weighted by atomic mass is 15.0. The highest BCUT2D eigenvalue weighted by Gasteiger charge is 2.05. The van der Waals surface area contributed by atoms with Gasteiger partial charge in [-0.2, -0.15) is 0 Å². The molecule has 0 atom stereocenters. The summed E-state index contributed by atoms with van der Waals surface area (Å²) in [5.74, 6) is 0. The van der Waals surface area contributed by atoms with Crippen molar-refractivity contribution in [3.63, 3.8) is 0 Å². The normalized spacial score (nSPS) is 11.1. The Morgan fingerprint density at radius 1 is 1.33 bits per heavy atom. The van der Waals surface area contributed by atoms with Crippen LogP contribution in [0.3, 0.4) is 0 Å². The molecule has 1 heterocycles. The van der Waals surface area contributed by atoms with E-state index in [1.165, 1.54) is 22.2 Å². The Hall–Kier alpha value is -1.61. The Morgan fingerprint density at radius 3 is 2.78 bits per heavy atom. The monoisotopic (exact) mass is 243 g/mol. The molecule has 0 spiro atoms. The van der Waals surface area contributed by atoms with Crippen molar-refractivity contribution >= 4 is 11.0 Å². The molecule has 0 aliphatic carbocycles. The van der Waals surface area contributed by atoms with Gasteiger partial charge in [0.2, 0.25) is 0 Å². The van der Waals surface area contributed by atoms with Gasteiger partial charge in [0.1, 0.15) is 0 Å². The number of aryl methyl sites for hydroxylation is 2. The van der Waals surface area contributed by atoms with Gasteiger partial charge in [-0.15, -0.1) is 0 Å². The van der Waals surface area contributed by atoms with Crippen LogP contribution in [0.4, 0.5) is 0 Å². The van der Waals surface area contributed by atoms with E-state index in [1.807, 2.05) is 6.33 Å². The zero-order valence-electron chi connectivity index (χ0n) is 11.5. The number of rotatable bonds is 5. The van der Waals surface area contributed by atoms with Gasteiger partial charge >= 0.3 is 0 Å². The maximum atomic E-state index is 4.46. The van der Waals surface area contributed by atoms with Crippen LogP contribution in [0.2, 0.25) is 0 Å². The summed E-state index contributed by atoms with van der Waals surface area (Å²) >= 11 is 0. The molecule has 0 fully saturated rings. The van der Waals surface area contributed by atoms with Crippen molar-refractivity contribution in [2.24, 2.45) is 0 Å². The molecule has 96 valence electrons. The molecule has 1 aromatic carbocycles. The number of likely N-dealkylation sites (N-methyl/N-ethyl adjacent to an activating group) is 1. The van der Waals surface area contributed by atoms with Gasteiger partial charge in [0.15, 0.2) is 0 Å². The lowest BCUT2D eigenvalue weighted by Gasteiger charge is -2.09. The molecule has 0 aliphatic heterocycles. The fraction of sp³-hybridized carbons (Fsp3) is 0.400. The van der Waals surface area contributed by atoms with Crippen molar-refractivity contribution in [3.8, 4) is 0 Å². The summed E-state index contributed by atoms with van der Waals surface area (Å²) in [6, 6.07) is 4.35. The molecular formula is C15H21N3. The van der Waals surface area contributed by atoms with E-state index in [9.17, 15) is 0 Å². The van der Waals surface area contributed by atoms with Gasteiger partial charge in [-0.1, -0.05) is 13.5 Å². The summed E-state index contributed by atoms with van der Waals surface area (Å²) in [5, 5.41) is 3.30. The third kappa shape index (κ3) is 2.62. The zero-order chi connectivity index (χ0) is 13.1. The highest BCUT2D eigenvalue weighted by molar-refractivity contribution is 5.77. The van der Waals surface area contributed by atoms with Crippen LogP contribution in [-0.2, 0) is 6.54 Å². The molecule has 2 aromatic rings. The van der Waals surface area contributed by atoms with Crippen molar-refractivity contribution in [1.29, 1.82) is 0 Å². The van der Waals surface area contributed by atoms with Crippen molar-refractivity contribution < 1.29 is 0 Å². The molecule has 0 saturated heterocycles. The minimum Gasteiger partial charge on any atom is -0.326 e. The molecule has 0 saturated carbocycles. The molecule has 0 amide bonds. The number of aromatic nitrogens is 2. The van der Waals surface area contributed by atoms with Crippen LogP contribution in [0, 0.1) is 13.8 Å². The first-order valence-electron chi connectivity index (χ1n) is 6.41. The van der Waals surface area contributed by atoms with Gasteiger partial charge in [-0.3, -0.25) is 0 Å². The average Bonchev–Trinajstić information content (AvgIpc) is 2.70. The Labute approximate surface area is 109 Å². The molecule has 0 radical (unpaired) electrons. The first-order chi connectivity index (χ1) is 8.61. The van der Waals surface area contributed by atoms with Crippen LogP contribution in [0.25, 0.3) is 11.0 Å². The van der Waals surface area contributed by atoms with Crippen LogP contribution >= 0.6 is 0 Å². The molecule has 18 heavy (non-hydrogen) atoms. The average molecular weight is 243 g/mol. The third-order valence-corrected chi connectivity index (χ3v) is 3.26. The topological polar surface area (TPSA) is 29.9 Å². The minimum atomic E-state index is 0.825. The number of nitrogens with zero attached hydrogens (tertiary/aromatic N) is 2. The van der Waals surface area contributed by atoms with Gasteiger partial charge in [-0.05, 0) is 49.2 Å². The predicted molar refractivity (Wildman–Crippen MR) is 76.9 cm³/mol. The lowest BCUT2D eigenvalue weighted by molar-refractivity contribution is 0.714. The molecule has 0 aliphatic rings. The molecule has 0 bridgehead atoms. The van der Waals surface area contributed by atoms with Gasteiger partial charge in [0.25, 0.3) is 0 Å². The summed E-state index contributed by atoms with van der Waals surface area (Å²) < 4.78 is 2.17. The van der Waals surface area contributed by atoms with Crippen LogP contribution < -0.4 is 5.32 Å². The zero-order valence-corrected chi connectivity index (χ0v) is 11.5. The molecule has 1 aromatic heterocycles. The summed E-state index contributed by atoms with van der Waals surface area (Å²) in [6.07, 6.45) is 1.90. The lowest BCUT2D eigenvalue weighted by atomic mass is 10.1. The SMILES string of the molecule is C=C(CNCC)Cn1cnc2cc(C)c(C)cc21. The number of nitrogens with one attached hydrogen (secondary N) is 1. The molecule has 1 N–H and O–H groups in total. The van der Waals surface area contributed by atoms with Gasteiger partial charge in [0, 0.05) is 13.1 Å². The Bertz CT molecular complexity index is 566. The Kier molecular flexibility index (Phi) is 3.82. The standard InChI is InChI=1S/C15H21N3/c1-5-16-8-11(2)9-18-10-17-14-6-12(3)13(4)7-15(14)18/h6-7,10,16H,2,5,8-9H2,1,3-4H3. The summed E-state index contributed by atoms with van der Waals surface area (Å²) in [5.41, 5.74) is 6.03. The quantitative estimate of drug-likeness (QED) is 0.818. The van der Waals surface area contributed by atoms with E-state index in [4.69, 9.17) is 0 Å². The second kappa shape index (κ2) is 5.36. The summed E-state index contributed by atoms with van der Waals surface area (Å²) in [7, 11) is 0. The van der Waals surface area contributed by atoms with Crippen LogP contribution in [-0.4, -0.2) is 22.6 Å². The largest absolute Gasteiger partial charge is 0.326 e. The van der Waals surface area contributed by atoms with Crippen molar-refractivity contribution in [2.75, 3.05) is 13.1 Å². The molecular weight excluding hydrogens is 222 g/mol. The van der Waals surface area contributed by atoms with E-state index in [0.717, 1.165) is 25.2 Å². The van der Waals surface area contributed by atoms with E-state index in [-0.39, 0.29) is 0 Å². The van der Waals surface area contributed by atoms with Crippen molar-refractivity contribution in [3.05, 3.63) is 41.7 Å². The fourth-order valence-corrected chi connectivity index (χ4v) is 2.04. The number of hydrogen-bond donors (Lipinski definition) is 1.